The Bertz CT molecular complexity index is 698. The summed E-state index contributed by atoms with van der Waals surface area (Å²) in [4.78, 5) is 16.0. The zero-order chi connectivity index (χ0) is 15.3. The first-order chi connectivity index (χ1) is 9.82. The monoisotopic (exact) mass is 312 g/mol. The van der Waals surface area contributed by atoms with Crippen LogP contribution in [0.1, 0.15) is 13.3 Å². The Labute approximate surface area is 122 Å². The lowest BCUT2D eigenvalue weighted by Crippen LogP contribution is -2.26. The van der Waals surface area contributed by atoms with Gasteiger partial charge in [-0.1, -0.05) is 0 Å². The molecule has 1 fully saturated rings. The number of halogens is 3. The van der Waals surface area contributed by atoms with Gasteiger partial charge in [0.05, 0.1) is 5.69 Å². The number of carbonyl (C=O) groups is 1. The van der Waals surface area contributed by atoms with Gasteiger partial charge in [0.15, 0.2) is 5.13 Å². The van der Waals surface area contributed by atoms with Crippen LogP contribution in [0.3, 0.4) is 0 Å². The second-order valence-electron chi connectivity index (χ2n) is 5.21. The number of rotatable bonds is 3. The quantitative estimate of drug-likeness (QED) is 0.933. The molecule has 0 radical (unpaired) electrons. The van der Waals surface area contributed by atoms with Gasteiger partial charge in [-0.25, -0.2) is 18.2 Å². The molecule has 0 saturated heterocycles. The molecule has 3 rings (SSSR count). The predicted molar refractivity (Wildman–Crippen MR) is 73.8 cm³/mol. The normalized spacial score (nSPS) is 22.9. The molecule has 1 aromatic carbocycles. The third-order valence-corrected chi connectivity index (χ3v) is 4.38. The zero-order valence-electron chi connectivity index (χ0n) is 11.0. The van der Waals surface area contributed by atoms with Crippen LogP contribution >= 0.6 is 11.3 Å². The molecular formula is C14H11F3N2OS. The Morgan fingerprint density at radius 2 is 1.95 bits per heavy atom. The van der Waals surface area contributed by atoms with E-state index in [1.54, 1.807) is 17.5 Å². The molecule has 2 aromatic rings. The topological polar surface area (TPSA) is 42.0 Å². The van der Waals surface area contributed by atoms with Gasteiger partial charge in [0.1, 0.15) is 11.2 Å². The Balaban J connectivity index is 1.74. The number of amides is 1. The van der Waals surface area contributed by atoms with Crippen molar-refractivity contribution >= 4 is 22.4 Å². The van der Waals surface area contributed by atoms with Crippen molar-refractivity contribution in [1.29, 1.82) is 0 Å². The average Bonchev–Trinajstić information content (AvgIpc) is 2.76. The Kier molecular flexibility index (Phi) is 3.05. The van der Waals surface area contributed by atoms with Crippen LogP contribution in [0.2, 0.25) is 0 Å². The van der Waals surface area contributed by atoms with E-state index in [-0.39, 0.29) is 10.9 Å². The molecule has 21 heavy (non-hydrogen) atoms. The summed E-state index contributed by atoms with van der Waals surface area (Å²) in [5.74, 6) is -4.03. The number of aromatic nitrogens is 1. The summed E-state index contributed by atoms with van der Waals surface area (Å²) in [6.45, 7) is 1.23. The molecule has 1 aliphatic carbocycles. The molecule has 1 aromatic heterocycles. The van der Waals surface area contributed by atoms with Crippen molar-refractivity contribution in [3.63, 3.8) is 0 Å². The molecule has 0 spiro atoms. The van der Waals surface area contributed by atoms with Crippen LogP contribution in [0.25, 0.3) is 11.3 Å². The van der Waals surface area contributed by atoms with Crippen molar-refractivity contribution in [2.45, 2.75) is 19.3 Å². The summed E-state index contributed by atoms with van der Waals surface area (Å²) >= 11 is 1.14. The van der Waals surface area contributed by atoms with Gasteiger partial charge in [0.25, 0.3) is 5.92 Å². The average molecular weight is 312 g/mol. The van der Waals surface area contributed by atoms with E-state index in [1.807, 2.05) is 0 Å². The smallest absolute Gasteiger partial charge is 0.263 e. The first-order valence-corrected chi connectivity index (χ1v) is 7.10. The summed E-state index contributed by atoms with van der Waals surface area (Å²) in [5.41, 5.74) is -0.395. The van der Waals surface area contributed by atoms with E-state index in [1.165, 1.54) is 19.1 Å². The van der Waals surface area contributed by atoms with Crippen LogP contribution in [0, 0.1) is 11.2 Å². The fraction of sp³-hybridized carbons (Fsp3) is 0.286. The fourth-order valence-electron chi connectivity index (χ4n) is 1.97. The van der Waals surface area contributed by atoms with Gasteiger partial charge in [-0.15, -0.1) is 11.3 Å². The standard InChI is InChI=1S/C14H11F3N2OS/c1-13(7-14(13,16)17)11(20)19-12-18-10(6-21-12)8-2-4-9(15)5-3-8/h2-6H,7H2,1H3,(H,18,19,20). The number of hydrogen-bond acceptors (Lipinski definition) is 3. The Morgan fingerprint density at radius 3 is 2.52 bits per heavy atom. The predicted octanol–water partition coefficient (Wildman–Crippen LogP) is 3.93. The second kappa shape index (κ2) is 4.56. The van der Waals surface area contributed by atoms with E-state index >= 15 is 0 Å². The summed E-state index contributed by atoms with van der Waals surface area (Å²) in [6.07, 6.45) is -0.442. The fourth-order valence-corrected chi connectivity index (χ4v) is 2.68. The molecule has 110 valence electrons. The van der Waals surface area contributed by atoms with E-state index < -0.39 is 23.7 Å². The molecule has 1 aliphatic rings. The molecule has 0 aliphatic heterocycles. The molecule has 1 amide bonds. The minimum atomic E-state index is -2.95. The van der Waals surface area contributed by atoms with Crippen molar-refractivity contribution in [3.05, 3.63) is 35.5 Å². The zero-order valence-corrected chi connectivity index (χ0v) is 11.8. The highest BCUT2D eigenvalue weighted by molar-refractivity contribution is 7.14. The van der Waals surface area contributed by atoms with Crippen molar-refractivity contribution in [1.82, 2.24) is 4.98 Å². The summed E-state index contributed by atoms with van der Waals surface area (Å²) in [7, 11) is 0. The van der Waals surface area contributed by atoms with Crippen LogP contribution in [-0.2, 0) is 4.79 Å². The Hall–Kier alpha value is -1.89. The number of anilines is 1. The highest BCUT2D eigenvalue weighted by Gasteiger charge is 2.72. The molecule has 1 unspecified atom stereocenters. The minimum Gasteiger partial charge on any atom is -0.301 e. The van der Waals surface area contributed by atoms with E-state index in [0.717, 1.165) is 11.3 Å². The van der Waals surface area contributed by atoms with E-state index in [0.29, 0.717) is 11.3 Å². The lowest BCUT2D eigenvalue weighted by Gasteiger charge is -2.08. The number of nitrogens with one attached hydrogen (secondary N) is 1. The maximum atomic E-state index is 13.1. The van der Waals surface area contributed by atoms with E-state index in [4.69, 9.17) is 0 Å². The molecule has 1 saturated carbocycles. The van der Waals surface area contributed by atoms with Crippen LogP contribution in [0.4, 0.5) is 18.3 Å². The molecule has 7 heteroatoms. The largest absolute Gasteiger partial charge is 0.301 e. The summed E-state index contributed by atoms with van der Waals surface area (Å²) < 4.78 is 39.1. The molecule has 1 N–H and O–H groups in total. The Morgan fingerprint density at radius 1 is 1.33 bits per heavy atom. The maximum Gasteiger partial charge on any atom is 0.263 e. The lowest BCUT2D eigenvalue weighted by molar-refractivity contribution is -0.123. The van der Waals surface area contributed by atoms with Gasteiger partial charge in [-0.2, -0.15) is 0 Å². The molecule has 3 nitrogen and oxygen atoms in total. The van der Waals surface area contributed by atoms with Crippen molar-refractivity contribution in [3.8, 4) is 11.3 Å². The molecule has 1 atom stereocenters. The number of benzene rings is 1. The number of alkyl halides is 2. The van der Waals surface area contributed by atoms with Gasteiger partial charge in [0.2, 0.25) is 5.91 Å². The van der Waals surface area contributed by atoms with Crippen molar-refractivity contribution in [2.75, 3.05) is 5.32 Å². The van der Waals surface area contributed by atoms with E-state index in [2.05, 4.69) is 10.3 Å². The highest BCUT2D eigenvalue weighted by atomic mass is 32.1. The molecule has 0 bridgehead atoms. The molecular weight excluding hydrogens is 301 g/mol. The van der Waals surface area contributed by atoms with Crippen molar-refractivity contribution in [2.24, 2.45) is 5.41 Å². The molecule has 1 heterocycles. The third-order valence-electron chi connectivity index (χ3n) is 3.62. The third kappa shape index (κ3) is 2.42. The lowest BCUT2D eigenvalue weighted by atomic mass is 10.1. The maximum absolute atomic E-state index is 13.1. The van der Waals surface area contributed by atoms with Crippen LogP contribution in [0.15, 0.2) is 29.6 Å². The van der Waals surface area contributed by atoms with Crippen LogP contribution in [0.5, 0.6) is 0 Å². The van der Waals surface area contributed by atoms with Gasteiger partial charge in [-0.05, 0) is 31.2 Å². The van der Waals surface area contributed by atoms with Crippen LogP contribution in [-0.4, -0.2) is 16.8 Å². The van der Waals surface area contributed by atoms with Gasteiger partial charge >= 0.3 is 0 Å². The first-order valence-electron chi connectivity index (χ1n) is 6.23. The number of carbonyl (C=O) groups excluding carboxylic acids is 1. The van der Waals surface area contributed by atoms with E-state index in [9.17, 15) is 18.0 Å². The van der Waals surface area contributed by atoms with Gasteiger partial charge in [-0.3, -0.25) is 4.79 Å². The van der Waals surface area contributed by atoms with Crippen molar-refractivity contribution < 1.29 is 18.0 Å². The van der Waals surface area contributed by atoms with Crippen LogP contribution < -0.4 is 5.32 Å². The minimum absolute atomic E-state index is 0.253. The number of hydrogen-bond donors (Lipinski definition) is 1. The SMILES string of the molecule is CC1(C(=O)Nc2nc(-c3ccc(F)cc3)cs2)CC1(F)F. The van der Waals surface area contributed by atoms with Gasteiger partial charge < -0.3 is 5.32 Å². The summed E-state index contributed by atoms with van der Waals surface area (Å²) in [6, 6.07) is 5.73. The summed E-state index contributed by atoms with van der Waals surface area (Å²) in [5, 5.41) is 4.35. The number of nitrogens with zero attached hydrogens (tertiary/aromatic N) is 1. The highest BCUT2D eigenvalue weighted by Crippen LogP contribution is 2.60. The first kappa shape index (κ1) is 14.1. The van der Waals surface area contributed by atoms with Gasteiger partial charge in [0, 0.05) is 17.4 Å². The number of thiazole rings is 1. The second-order valence-corrected chi connectivity index (χ2v) is 6.07.